The van der Waals surface area contributed by atoms with Crippen LogP contribution in [0.4, 0.5) is 0 Å². The van der Waals surface area contributed by atoms with Gasteiger partial charge in [-0.05, 0) is 23.6 Å². The lowest BCUT2D eigenvalue weighted by molar-refractivity contribution is 0.0930. The smallest absolute Gasteiger partial charge is 0.230 e. The number of para-hydroxylation sites is 2. The molecule has 0 bridgehead atoms. The number of carbonyl (C=O) groups excluding carboxylic acids is 2. The lowest BCUT2D eigenvalue weighted by atomic mass is 10.3. The second-order valence-corrected chi connectivity index (χ2v) is 6.32. The van der Waals surface area contributed by atoms with E-state index in [4.69, 9.17) is 0 Å². The number of benzene rings is 1. The van der Waals surface area contributed by atoms with Crippen molar-refractivity contribution in [3.05, 3.63) is 46.7 Å². The summed E-state index contributed by atoms with van der Waals surface area (Å²) in [4.78, 5) is 29.1. The van der Waals surface area contributed by atoms with Crippen molar-refractivity contribution in [1.82, 2.24) is 9.55 Å². The standard InChI is InChI=1S/C15H12N2O2S2/c1-10(18)17-12-6-3-2-5-11(12)16-15(17)21-9-13(19)14-7-4-8-20-14/h2-8H,9H2,1H3. The number of aromatic nitrogens is 2. The SMILES string of the molecule is CC(=O)n1c(SCC(=O)c2cccs2)nc2ccccc21. The molecule has 3 aromatic rings. The molecule has 2 aromatic heterocycles. The number of thioether (sulfide) groups is 1. The predicted octanol–water partition coefficient (Wildman–Crippen LogP) is 3.73. The zero-order valence-corrected chi connectivity index (χ0v) is 12.9. The van der Waals surface area contributed by atoms with E-state index in [-0.39, 0.29) is 17.4 Å². The van der Waals surface area contributed by atoms with Gasteiger partial charge < -0.3 is 0 Å². The van der Waals surface area contributed by atoms with Gasteiger partial charge in [-0.25, -0.2) is 4.98 Å². The molecule has 106 valence electrons. The third-order valence-electron chi connectivity index (χ3n) is 2.97. The maximum absolute atomic E-state index is 12.0. The van der Waals surface area contributed by atoms with Crippen molar-refractivity contribution in [2.45, 2.75) is 12.1 Å². The Morgan fingerprint density at radius 3 is 2.76 bits per heavy atom. The Kier molecular flexibility index (Phi) is 3.90. The quantitative estimate of drug-likeness (QED) is 0.543. The maximum atomic E-state index is 12.0. The Balaban J connectivity index is 1.88. The Morgan fingerprint density at radius 1 is 1.24 bits per heavy atom. The third-order valence-corrected chi connectivity index (χ3v) is 4.82. The molecule has 0 fully saturated rings. The van der Waals surface area contributed by atoms with Gasteiger partial charge in [0.1, 0.15) is 0 Å². The minimum atomic E-state index is -0.102. The number of thiophene rings is 1. The third kappa shape index (κ3) is 2.77. The topological polar surface area (TPSA) is 52.0 Å². The van der Waals surface area contributed by atoms with Gasteiger partial charge in [0.05, 0.1) is 21.7 Å². The van der Waals surface area contributed by atoms with Crippen LogP contribution >= 0.6 is 23.1 Å². The fraction of sp³-hybridized carbons (Fsp3) is 0.133. The molecule has 0 saturated heterocycles. The van der Waals surface area contributed by atoms with Gasteiger partial charge in [-0.3, -0.25) is 14.2 Å². The van der Waals surface area contributed by atoms with Crippen molar-refractivity contribution in [1.29, 1.82) is 0 Å². The van der Waals surface area contributed by atoms with Crippen LogP contribution in [0.1, 0.15) is 21.4 Å². The molecule has 6 heteroatoms. The van der Waals surface area contributed by atoms with E-state index in [0.717, 1.165) is 15.9 Å². The summed E-state index contributed by atoms with van der Waals surface area (Å²) in [7, 11) is 0. The normalized spacial score (nSPS) is 10.9. The van der Waals surface area contributed by atoms with E-state index >= 15 is 0 Å². The summed E-state index contributed by atoms with van der Waals surface area (Å²) < 4.78 is 1.56. The largest absolute Gasteiger partial charge is 0.292 e. The van der Waals surface area contributed by atoms with E-state index in [1.165, 1.54) is 30.0 Å². The zero-order chi connectivity index (χ0) is 14.8. The number of hydrogen-bond donors (Lipinski definition) is 0. The highest BCUT2D eigenvalue weighted by Crippen LogP contribution is 2.25. The number of imidazole rings is 1. The summed E-state index contributed by atoms with van der Waals surface area (Å²) in [5.41, 5.74) is 1.54. The fourth-order valence-corrected chi connectivity index (χ4v) is 3.73. The molecule has 0 aliphatic rings. The molecule has 0 N–H and O–H groups in total. The van der Waals surface area contributed by atoms with Crippen LogP contribution in [0.25, 0.3) is 11.0 Å². The van der Waals surface area contributed by atoms with E-state index < -0.39 is 0 Å². The molecule has 0 aliphatic carbocycles. The van der Waals surface area contributed by atoms with Crippen LogP contribution in [0.15, 0.2) is 46.9 Å². The number of carbonyl (C=O) groups is 2. The van der Waals surface area contributed by atoms with Gasteiger partial charge in [0.25, 0.3) is 0 Å². The van der Waals surface area contributed by atoms with Crippen LogP contribution in [0, 0.1) is 0 Å². The number of Topliss-reactive ketones (excluding diaryl/α,β-unsaturated/α-hetero) is 1. The van der Waals surface area contributed by atoms with Crippen LogP contribution in [0.5, 0.6) is 0 Å². The molecule has 1 aromatic carbocycles. The van der Waals surface area contributed by atoms with Gasteiger partial charge in [0.15, 0.2) is 10.9 Å². The highest BCUT2D eigenvalue weighted by molar-refractivity contribution is 7.99. The molecule has 4 nitrogen and oxygen atoms in total. The first-order valence-corrected chi connectivity index (χ1v) is 8.21. The summed E-state index contributed by atoms with van der Waals surface area (Å²) in [6, 6.07) is 11.1. The summed E-state index contributed by atoms with van der Waals surface area (Å²) in [6.45, 7) is 1.50. The number of nitrogens with zero attached hydrogens (tertiary/aromatic N) is 2. The Labute approximate surface area is 129 Å². The summed E-state index contributed by atoms with van der Waals surface area (Å²) in [6.07, 6.45) is 0. The van der Waals surface area contributed by atoms with Crippen molar-refractivity contribution in [3.8, 4) is 0 Å². The van der Waals surface area contributed by atoms with Gasteiger partial charge in [-0.15, -0.1) is 11.3 Å². The molecule has 0 atom stereocenters. The molecule has 21 heavy (non-hydrogen) atoms. The number of fused-ring (bicyclic) bond motifs is 1. The minimum absolute atomic E-state index is 0.0529. The first-order valence-electron chi connectivity index (χ1n) is 6.35. The van der Waals surface area contributed by atoms with Crippen LogP contribution in [0.3, 0.4) is 0 Å². The second-order valence-electron chi connectivity index (χ2n) is 4.43. The van der Waals surface area contributed by atoms with E-state index in [2.05, 4.69) is 4.98 Å². The average Bonchev–Trinajstić information content (AvgIpc) is 3.11. The highest BCUT2D eigenvalue weighted by atomic mass is 32.2. The van der Waals surface area contributed by atoms with E-state index in [1.807, 2.05) is 41.8 Å². The Bertz CT molecular complexity index is 806. The van der Waals surface area contributed by atoms with Crippen molar-refractivity contribution in [2.75, 3.05) is 5.75 Å². The van der Waals surface area contributed by atoms with Gasteiger partial charge >= 0.3 is 0 Å². The molecule has 0 saturated carbocycles. The molecule has 0 unspecified atom stereocenters. The zero-order valence-electron chi connectivity index (χ0n) is 11.3. The average molecular weight is 316 g/mol. The van der Waals surface area contributed by atoms with E-state index in [1.54, 1.807) is 4.57 Å². The van der Waals surface area contributed by atoms with Gasteiger partial charge in [-0.2, -0.15) is 0 Å². The van der Waals surface area contributed by atoms with Crippen molar-refractivity contribution in [2.24, 2.45) is 0 Å². The summed E-state index contributed by atoms with van der Waals surface area (Å²) >= 11 is 2.72. The molecule has 0 aliphatic heterocycles. The highest BCUT2D eigenvalue weighted by Gasteiger charge is 2.16. The molecule has 2 heterocycles. The van der Waals surface area contributed by atoms with Gasteiger partial charge in [0, 0.05) is 6.92 Å². The summed E-state index contributed by atoms with van der Waals surface area (Å²) in [5.74, 6) is 0.226. The number of rotatable bonds is 4. The van der Waals surface area contributed by atoms with E-state index in [0.29, 0.717) is 5.16 Å². The van der Waals surface area contributed by atoms with Gasteiger partial charge in [0.2, 0.25) is 5.91 Å². The fourth-order valence-electron chi connectivity index (χ4n) is 2.04. The molecule has 3 rings (SSSR count). The minimum Gasteiger partial charge on any atom is -0.292 e. The first kappa shape index (κ1) is 14.0. The lowest BCUT2D eigenvalue weighted by Crippen LogP contribution is -2.08. The first-order chi connectivity index (χ1) is 10.2. The number of ketones is 1. The molecule has 0 amide bonds. The molecule has 0 spiro atoms. The van der Waals surface area contributed by atoms with Crippen LogP contribution in [-0.2, 0) is 0 Å². The van der Waals surface area contributed by atoms with Crippen LogP contribution in [0.2, 0.25) is 0 Å². The van der Waals surface area contributed by atoms with Gasteiger partial charge in [-0.1, -0.05) is 30.0 Å². The van der Waals surface area contributed by atoms with Crippen molar-refractivity contribution < 1.29 is 9.59 Å². The number of hydrogen-bond acceptors (Lipinski definition) is 5. The van der Waals surface area contributed by atoms with Crippen LogP contribution in [-0.4, -0.2) is 27.0 Å². The van der Waals surface area contributed by atoms with Crippen LogP contribution < -0.4 is 0 Å². The lowest BCUT2D eigenvalue weighted by Gasteiger charge is -2.03. The molecular weight excluding hydrogens is 304 g/mol. The van der Waals surface area contributed by atoms with Crippen molar-refractivity contribution >= 4 is 45.8 Å². The maximum Gasteiger partial charge on any atom is 0.230 e. The van der Waals surface area contributed by atoms with Crippen molar-refractivity contribution in [3.63, 3.8) is 0 Å². The Morgan fingerprint density at radius 2 is 2.05 bits per heavy atom. The Hall–Kier alpha value is -1.92. The van der Waals surface area contributed by atoms with E-state index in [9.17, 15) is 9.59 Å². The molecular formula is C15H12N2O2S2. The predicted molar refractivity (Wildman–Crippen MR) is 85.4 cm³/mol. The molecule has 0 radical (unpaired) electrons. The second kappa shape index (κ2) is 5.83. The summed E-state index contributed by atoms with van der Waals surface area (Å²) in [5, 5.41) is 2.44. The monoisotopic (exact) mass is 316 g/mol.